The summed E-state index contributed by atoms with van der Waals surface area (Å²) in [5.74, 6) is -2.36. The highest BCUT2D eigenvalue weighted by atomic mass is 19.1. The van der Waals surface area contributed by atoms with Crippen LogP contribution in [0.3, 0.4) is 0 Å². The zero-order chi connectivity index (χ0) is 15.8. The Bertz CT molecular complexity index is 544. The molecule has 0 saturated heterocycles. The molecule has 1 aromatic carbocycles. The molecule has 0 fully saturated rings. The first-order valence-electron chi connectivity index (χ1n) is 6.13. The average Bonchev–Trinajstić information content (AvgIpc) is 2.44. The summed E-state index contributed by atoms with van der Waals surface area (Å²) in [5, 5.41) is 19.7. The van der Waals surface area contributed by atoms with Gasteiger partial charge in [0.1, 0.15) is 6.04 Å². The van der Waals surface area contributed by atoms with Crippen molar-refractivity contribution in [3.8, 4) is 5.75 Å². The molecule has 3 N–H and O–H groups in total. The number of aliphatic carboxylic acids is 1. The maximum absolute atomic E-state index is 13.4. The molecule has 1 unspecified atom stereocenters. The number of carbonyl (C=O) groups is 2. The van der Waals surface area contributed by atoms with Gasteiger partial charge in [0.15, 0.2) is 11.6 Å². The number of halogens is 1. The summed E-state index contributed by atoms with van der Waals surface area (Å²) < 4.78 is 18.2. The van der Waals surface area contributed by atoms with Gasteiger partial charge in [0.25, 0.3) is 0 Å². The Morgan fingerprint density at radius 1 is 1.48 bits per heavy atom. The van der Waals surface area contributed by atoms with E-state index >= 15 is 0 Å². The van der Waals surface area contributed by atoms with Crippen LogP contribution in [0.1, 0.15) is 12.0 Å². The predicted molar refractivity (Wildman–Crippen MR) is 73.3 cm³/mol. The van der Waals surface area contributed by atoms with E-state index < -0.39 is 23.7 Å². The molecular formula is C14H16FNO5. The number of aliphatic hydroxyl groups is 1. The molecule has 6 nitrogen and oxygen atoms in total. The Labute approximate surface area is 120 Å². The van der Waals surface area contributed by atoms with Gasteiger partial charge in [0.2, 0.25) is 5.91 Å². The van der Waals surface area contributed by atoms with E-state index in [1.807, 2.05) is 0 Å². The van der Waals surface area contributed by atoms with Crippen molar-refractivity contribution in [2.45, 2.75) is 12.5 Å². The van der Waals surface area contributed by atoms with Crippen LogP contribution in [0.5, 0.6) is 5.75 Å². The van der Waals surface area contributed by atoms with E-state index in [0.717, 1.165) is 6.08 Å². The zero-order valence-electron chi connectivity index (χ0n) is 11.4. The fraction of sp³-hybridized carbons (Fsp3) is 0.286. The van der Waals surface area contributed by atoms with Crippen molar-refractivity contribution in [3.63, 3.8) is 0 Å². The van der Waals surface area contributed by atoms with Crippen molar-refractivity contribution in [3.05, 3.63) is 35.7 Å². The Hall–Kier alpha value is -2.41. The van der Waals surface area contributed by atoms with Crippen LogP contribution < -0.4 is 10.1 Å². The van der Waals surface area contributed by atoms with E-state index in [0.29, 0.717) is 5.56 Å². The molecule has 0 bridgehead atoms. The lowest BCUT2D eigenvalue weighted by molar-refractivity contribution is -0.141. The fourth-order valence-corrected chi connectivity index (χ4v) is 1.56. The number of amides is 1. The van der Waals surface area contributed by atoms with Crippen LogP contribution in [0.2, 0.25) is 0 Å². The highest BCUT2D eigenvalue weighted by Crippen LogP contribution is 2.18. The number of carbonyl (C=O) groups excluding carboxylic acids is 1. The Morgan fingerprint density at radius 2 is 2.19 bits per heavy atom. The van der Waals surface area contributed by atoms with Crippen molar-refractivity contribution in [2.24, 2.45) is 0 Å². The molecule has 1 atom stereocenters. The minimum Gasteiger partial charge on any atom is -0.494 e. The van der Waals surface area contributed by atoms with Crippen LogP contribution >= 0.6 is 0 Å². The lowest BCUT2D eigenvalue weighted by Gasteiger charge is -2.11. The van der Waals surface area contributed by atoms with Crippen LogP contribution in [0.4, 0.5) is 4.39 Å². The monoisotopic (exact) mass is 297 g/mol. The quantitative estimate of drug-likeness (QED) is 0.647. The molecule has 7 heteroatoms. The topological polar surface area (TPSA) is 95.9 Å². The molecule has 0 heterocycles. The number of ether oxygens (including phenoxy) is 1. The number of benzene rings is 1. The minimum absolute atomic E-state index is 0.0884. The molecule has 0 aliphatic rings. The SMILES string of the molecule is COc1ccc(C=CC(=O)NC(CCO)C(=O)O)cc1F. The molecule has 1 aromatic rings. The Morgan fingerprint density at radius 3 is 2.71 bits per heavy atom. The second-order valence-corrected chi connectivity index (χ2v) is 4.14. The molecule has 0 aliphatic carbocycles. The van der Waals surface area contributed by atoms with E-state index in [9.17, 15) is 14.0 Å². The Kier molecular flexibility index (Phi) is 6.35. The number of methoxy groups -OCH3 is 1. The summed E-state index contributed by atoms with van der Waals surface area (Å²) in [5.41, 5.74) is 0.428. The molecule has 1 amide bonds. The van der Waals surface area contributed by atoms with Gasteiger partial charge in [0.05, 0.1) is 7.11 Å². The van der Waals surface area contributed by atoms with Gasteiger partial charge in [-0.15, -0.1) is 0 Å². The van der Waals surface area contributed by atoms with Crippen molar-refractivity contribution in [2.75, 3.05) is 13.7 Å². The van der Waals surface area contributed by atoms with E-state index in [4.69, 9.17) is 14.9 Å². The molecule has 0 radical (unpaired) electrons. The van der Waals surface area contributed by atoms with Gasteiger partial charge >= 0.3 is 5.97 Å². The number of hydrogen-bond acceptors (Lipinski definition) is 4. The third kappa shape index (κ3) is 5.23. The van der Waals surface area contributed by atoms with Crippen molar-refractivity contribution in [1.82, 2.24) is 5.32 Å². The standard InChI is InChI=1S/C14H16FNO5/c1-21-12-4-2-9(8-10(12)15)3-5-13(18)16-11(6-7-17)14(19)20/h2-5,8,11,17H,6-7H2,1H3,(H,16,18)(H,19,20). The molecular weight excluding hydrogens is 281 g/mol. The molecule has 0 aromatic heterocycles. The summed E-state index contributed by atoms with van der Waals surface area (Å²) >= 11 is 0. The third-order valence-electron chi connectivity index (χ3n) is 2.64. The van der Waals surface area contributed by atoms with E-state index in [1.165, 1.54) is 25.3 Å². The molecule has 0 aliphatic heterocycles. The maximum Gasteiger partial charge on any atom is 0.326 e. The van der Waals surface area contributed by atoms with E-state index in [1.54, 1.807) is 6.07 Å². The Balaban J connectivity index is 2.69. The predicted octanol–water partition coefficient (Wildman–Crippen LogP) is 0.799. The summed E-state index contributed by atoms with van der Waals surface area (Å²) in [4.78, 5) is 22.4. The second kappa shape index (κ2) is 8.01. The third-order valence-corrected chi connectivity index (χ3v) is 2.64. The van der Waals surface area contributed by atoms with Gasteiger partial charge in [-0.25, -0.2) is 9.18 Å². The van der Waals surface area contributed by atoms with Crippen LogP contribution in [-0.2, 0) is 9.59 Å². The first kappa shape index (κ1) is 16.6. The average molecular weight is 297 g/mol. The number of aliphatic hydroxyl groups excluding tert-OH is 1. The molecule has 21 heavy (non-hydrogen) atoms. The van der Waals surface area contributed by atoms with Gasteiger partial charge in [-0.3, -0.25) is 4.79 Å². The number of carboxylic acids is 1. The number of nitrogens with one attached hydrogen (secondary N) is 1. The van der Waals surface area contributed by atoms with Gasteiger partial charge in [-0.2, -0.15) is 0 Å². The lowest BCUT2D eigenvalue weighted by atomic mass is 10.2. The maximum atomic E-state index is 13.4. The number of carboxylic acid groups (broad SMARTS) is 1. The van der Waals surface area contributed by atoms with Crippen LogP contribution in [-0.4, -0.2) is 41.8 Å². The highest BCUT2D eigenvalue weighted by molar-refractivity contribution is 5.94. The van der Waals surface area contributed by atoms with Gasteiger partial charge < -0.3 is 20.3 Å². The van der Waals surface area contributed by atoms with Crippen LogP contribution in [0.25, 0.3) is 6.08 Å². The largest absolute Gasteiger partial charge is 0.494 e. The van der Waals surface area contributed by atoms with Crippen LogP contribution in [0, 0.1) is 5.82 Å². The number of hydrogen-bond donors (Lipinski definition) is 3. The van der Waals surface area contributed by atoms with E-state index in [2.05, 4.69) is 5.32 Å². The summed E-state index contributed by atoms with van der Waals surface area (Å²) in [7, 11) is 1.34. The summed E-state index contributed by atoms with van der Waals surface area (Å²) in [6.45, 7) is -0.356. The van der Waals surface area contributed by atoms with Gasteiger partial charge in [-0.1, -0.05) is 6.07 Å². The normalized spacial score (nSPS) is 12.1. The molecule has 114 valence electrons. The van der Waals surface area contributed by atoms with Gasteiger partial charge in [0, 0.05) is 19.1 Å². The van der Waals surface area contributed by atoms with Crippen molar-refractivity contribution >= 4 is 18.0 Å². The number of rotatable bonds is 7. The first-order chi connectivity index (χ1) is 9.97. The van der Waals surface area contributed by atoms with Gasteiger partial charge in [-0.05, 0) is 23.8 Å². The lowest BCUT2D eigenvalue weighted by Crippen LogP contribution is -2.40. The van der Waals surface area contributed by atoms with Crippen molar-refractivity contribution in [1.29, 1.82) is 0 Å². The highest BCUT2D eigenvalue weighted by Gasteiger charge is 2.17. The minimum atomic E-state index is -1.23. The zero-order valence-corrected chi connectivity index (χ0v) is 11.4. The molecule has 0 spiro atoms. The smallest absolute Gasteiger partial charge is 0.326 e. The van der Waals surface area contributed by atoms with Crippen LogP contribution in [0.15, 0.2) is 24.3 Å². The summed E-state index contributed by atoms with van der Waals surface area (Å²) in [6.07, 6.45) is 2.34. The molecule has 0 saturated carbocycles. The second-order valence-electron chi connectivity index (χ2n) is 4.14. The fourth-order valence-electron chi connectivity index (χ4n) is 1.56. The first-order valence-corrected chi connectivity index (χ1v) is 6.13. The summed E-state index contributed by atoms with van der Waals surface area (Å²) in [6, 6.07) is 2.98. The van der Waals surface area contributed by atoms with E-state index in [-0.39, 0.29) is 18.8 Å². The molecule has 1 rings (SSSR count). The van der Waals surface area contributed by atoms with Crippen molar-refractivity contribution < 1.29 is 28.9 Å².